The number of nitrogens with zero attached hydrogens (tertiary/aromatic N) is 1. The van der Waals surface area contributed by atoms with E-state index >= 15 is 0 Å². The molecule has 1 amide bonds. The fraction of sp³-hybridized carbons (Fsp3) is 0.273. The predicted octanol–water partition coefficient (Wildman–Crippen LogP) is 1.76. The summed E-state index contributed by atoms with van der Waals surface area (Å²) in [5.41, 5.74) is -0.275. The van der Waals surface area contributed by atoms with Crippen molar-refractivity contribution in [3.8, 4) is 0 Å². The number of anilines is 1. The molecular weight excluding hydrogens is 224 g/mol. The molecule has 1 aromatic heterocycles. The van der Waals surface area contributed by atoms with Crippen LogP contribution in [0.2, 0.25) is 0 Å². The van der Waals surface area contributed by atoms with E-state index in [9.17, 15) is 9.90 Å². The average Bonchev–Trinajstić information content (AvgIpc) is 2.90. The molecule has 0 spiro atoms. The third kappa shape index (κ3) is 1.58. The quantitative estimate of drug-likeness (QED) is 0.832. The van der Waals surface area contributed by atoms with Crippen molar-refractivity contribution in [2.45, 2.75) is 18.4 Å². The lowest BCUT2D eigenvalue weighted by Crippen LogP contribution is -2.29. The van der Waals surface area contributed by atoms with Crippen LogP contribution in [-0.2, 0) is 4.79 Å². The van der Waals surface area contributed by atoms with Crippen molar-refractivity contribution < 1.29 is 9.90 Å². The molecule has 5 heteroatoms. The molecule has 0 radical (unpaired) electrons. The highest BCUT2D eigenvalue weighted by Gasteiger charge is 2.48. The smallest absolute Gasteiger partial charge is 0.258 e. The van der Waals surface area contributed by atoms with Gasteiger partial charge in [-0.1, -0.05) is 23.5 Å². The molecule has 0 bridgehead atoms. The Morgan fingerprint density at radius 2 is 2.19 bits per heavy atom. The van der Waals surface area contributed by atoms with Crippen LogP contribution in [0.4, 0.5) is 5.13 Å². The number of carbonyl (C=O) groups is 1. The number of amides is 1. The predicted molar refractivity (Wildman–Crippen MR) is 62.4 cm³/mol. The third-order valence-corrected chi connectivity index (χ3v) is 3.61. The van der Waals surface area contributed by atoms with Crippen LogP contribution in [0.1, 0.15) is 12.8 Å². The molecule has 0 aliphatic heterocycles. The Morgan fingerprint density at radius 1 is 1.44 bits per heavy atom. The zero-order valence-electron chi connectivity index (χ0n) is 8.43. The molecule has 2 N–H and O–H groups in total. The topological polar surface area (TPSA) is 62.2 Å². The van der Waals surface area contributed by atoms with Crippen molar-refractivity contribution in [3.05, 3.63) is 24.3 Å². The monoisotopic (exact) mass is 234 g/mol. The number of carbonyl (C=O) groups excluding carboxylic acids is 1. The molecule has 1 fully saturated rings. The molecule has 1 saturated carbocycles. The van der Waals surface area contributed by atoms with Gasteiger partial charge in [0.25, 0.3) is 5.91 Å². The van der Waals surface area contributed by atoms with E-state index < -0.39 is 5.60 Å². The highest BCUT2D eigenvalue weighted by molar-refractivity contribution is 7.22. The zero-order valence-corrected chi connectivity index (χ0v) is 9.25. The van der Waals surface area contributed by atoms with Gasteiger partial charge in [-0.2, -0.15) is 0 Å². The number of fused-ring (bicyclic) bond motifs is 1. The van der Waals surface area contributed by atoms with Gasteiger partial charge in [0.1, 0.15) is 5.60 Å². The molecule has 1 aliphatic carbocycles. The maximum absolute atomic E-state index is 11.6. The van der Waals surface area contributed by atoms with Crippen LogP contribution in [0, 0.1) is 0 Å². The standard InChI is InChI=1S/C11H10N2O2S/c14-9(11(15)5-6-11)13-10-12-7-3-1-2-4-8(7)16-10/h1-4,15H,5-6H2,(H,12,13,14). The SMILES string of the molecule is O=C(Nc1nc2ccccc2s1)C1(O)CC1. The van der Waals surface area contributed by atoms with Gasteiger partial charge in [0.2, 0.25) is 0 Å². The Bertz CT molecular complexity index is 527. The normalized spacial score (nSPS) is 17.3. The van der Waals surface area contributed by atoms with Crippen LogP contribution >= 0.6 is 11.3 Å². The summed E-state index contributed by atoms with van der Waals surface area (Å²) in [6, 6.07) is 7.68. The maximum atomic E-state index is 11.6. The van der Waals surface area contributed by atoms with E-state index in [2.05, 4.69) is 10.3 Å². The molecule has 1 aliphatic rings. The number of hydrogen-bond donors (Lipinski definition) is 2. The van der Waals surface area contributed by atoms with Crippen molar-refractivity contribution in [2.75, 3.05) is 5.32 Å². The summed E-state index contributed by atoms with van der Waals surface area (Å²) in [6.07, 6.45) is 1.09. The number of thiazole rings is 1. The second-order valence-electron chi connectivity index (χ2n) is 3.97. The van der Waals surface area contributed by atoms with Gasteiger partial charge in [0.15, 0.2) is 5.13 Å². The lowest BCUT2D eigenvalue weighted by atomic mass is 10.3. The van der Waals surface area contributed by atoms with E-state index in [0.717, 1.165) is 10.2 Å². The van der Waals surface area contributed by atoms with Gasteiger partial charge in [0, 0.05) is 0 Å². The van der Waals surface area contributed by atoms with Crippen LogP contribution in [-0.4, -0.2) is 21.6 Å². The second kappa shape index (κ2) is 3.26. The molecule has 3 rings (SSSR count). The van der Waals surface area contributed by atoms with Gasteiger partial charge >= 0.3 is 0 Å². The van der Waals surface area contributed by atoms with Gasteiger partial charge in [-0.05, 0) is 25.0 Å². The minimum Gasteiger partial charge on any atom is -0.380 e. The molecule has 1 heterocycles. The molecular formula is C11H10N2O2S. The van der Waals surface area contributed by atoms with E-state index in [4.69, 9.17) is 0 Å². The Balaban J connectivity index is 1.87. The van der Waals surface area contributed by atoms with Crippen LogP contribution in [0.15, 0.2) is 24.3 Å². The highest BCUT2D eigenvalue weighted by Crippen LogP contribution is 2.36. The largest absolute Gasteiger partial charge is 0.380 e. The van der Waals surface area contributed by atoms with E-state index in [1.54, 1.807) is 0 Å². The Kier molecular flexibility index (Phi) is 1.99. The molecule has 16 heavy (non-hydrogen) atoms. The van der Waals surface area contributed by atoms with E-state index in [0.29, 0.717) is 18.0 Å². The van der Waals surface area contributed by atoms with Crippen molar-refractivity contribution >= 4 is 32.6 Å². The lowest BCUT2D eigenvalue weighted by molar-refractivity contribution is -0.125. The molecule has 4 nitrogen and oxygen atoms in total. The first-order valence-corrected chi connectivity index (χ1v) is 5.88. The van der Waals surface area contributed by atoms with E-state index in [-0.39, 0.29) is 5.91 Å². The van der Waals surface area contributed by atoms with Crippen molar-refractivity contribution in [1.29, 1.82) is 0 Å². The van der Waals surface area contributed by atoms with Gasteiger partial charge < -0.3 is 5.11 Å². The lowest BCUT2D eigenvalue weighted by Gasteiger charge is -2.05. The van der Waals surface area contributed by atoms with Crippen molar-refractivity contribution in [2.24, 2.45) is 0 Å². The van der Waals surface area contributed by atoms with Gasteiger partial charge in [-0.3, -0.25) is 10.1 Å². The minimum absolute atomic E-state index is 0.341. The molecule has 0 saturated heterocycles. The van der Waals surface area contributed by atoms with Crippen LogP contribution < -0.4 is 5.32 Å². The number of aliphatic hydroxyl groups is 1. The number of hydrogen-bond acceptors (Lipinski definition) is 4. The summed E-state index contributed by atoms with van der Waals surface area (Å²) < 4.78 is 1.03. The molecule has 82 valence electrons. The fourth-order valence-corrected chi connectivity index (χ4v) is 2.35. The van der Waals surface area contributed by atoms with Crippen molar-refractivity contribution in [3.63, 3.8) is 0 Å². The van der Waals surface area contributed by atoms with Crippen LogP contribution in [0.25, 0.3) is 10.2 Å². The Hall–Kier alpha value is -1.46. The minimum atomic E-state index is -1.14. The average molecular weight is 234 g/mol. The summed E-state index contributed by atoms with van der Waals surface area (Å²) in [5.74, 6) is -0.341. The number of para-hydroxylation sites is 1. The first kappa shape index (κ1) is 9.74. The first-order chi connectivity index (χ1) is 7.67. The Morgan fingerprint density at radius 3 is 2.88 bits per heavy atom. The summed E-state index contributed by atoms with van der Waals surface area (Å²) >= 11 is 1.42. The summed E-state index contributed by atoms with van der Waals surface area (Å²) in [4.78, 5) is 15.8. The molecule has 0 atom stereocenters. The Labute approximate surface area is 95.9 Å². The maximum Gasteiger partial charge on any atom is 0.258 e. The highest BCUT2D eigenvalue weighted by atomic mass is 32.1. The fourth-order valence-electron chi connectivity index (χ4n) is 1.48. The number of rotatable bonds is 2. The van der Waals surface area contributed by atoms with Gasteiger partial charge in [0.05, 0.1) is 10.2 Å². The van der Waals surface area contributed by atoms with Crippen LogP contribution in [0.3, 0.4) is 0 Å². The molecule has 2 aromatic rings. The van der Waals surface area contributed by atoms with Crippen LogP contribution in [0.5, 0.6) is 0 Å². The first-order valence-electron chi connectivity index (χ1n) is 5.07. The number of benzene rings is 1. The van der Waals surface area contributed by atoms with E-state index in [1.165, 1.54) is 11.3 Å². The molecule has 0 unspecified atom stereocenters. The number of nitrogens with one attached hydrogen (secondary N) is 1. The molecule has 1 aromatic carbocycles. The third-order valence-electron chi connectivity index (χ3n) is 2.66. The number of aromatic nitrogens is 1. The van der Waals surface area contributed by atoms with E-state index in [1.807, 2.05) is 24.3 Å². The van der Waals surface area contributed by atoms with Gasteiger partial charge in [-0.25, -0.2) is 4.98 Å². The zero-order chi connectivity index (χ0) is 11.2. The summed E-state index contributed by atoms with van der Waals surface area (Å²) in [5, 5.41) is 12.8. The summed E-state index contributed by atoms with van der Waals surface area (Å²) in [6.45, 7) is 0. The van der Waals surface area contributed by atoms with Crippen molar-refractivity contribution in [1.82, 2.24) is 4.98 Å². The second-order valence-corrected chi connectivity index (χ2v) is 5.00. The summed E-state index contributed by atoms with van der Waals surface area (Å²) in [7, 11) is 0. The van der Waals surface area contributed by atoms with Gasteiger partial charge in [-0.15, -0.1) is 0 Å².